The molecule has 2 aliphatic heterocycles. The lowest BCUT2D eigenvalue weighted by atomic mass is 10.2. The van der Waals surface area contributed by atoms with Crippen LogP contribution in [0.15, 0.2) is 6.33 Å². The average molecular weight is 250 g/mol. The van der Waals surface area contributed by atoms with Crippen LogP contribution in [-0.4, -0.2) is 49.4 Å². The van der Waals surface area contributed by atoms with Crippen molar-refractivity contribution < 1.29 is 9.47 Å². The Balaban J connectivity index is 1.91. The van der Waals surface area contributed by atoms with E-state index in [1.807, 2.05) is 7.05 Å². The van der Waals surface area contributed by atoms with E-state index in [1.165, 1.54) is 0 Å². The van der Waals surface area contributed by atoms with E-state index in [1.54, 1.807) is 13.4 Å². The first-order chi connectivity index (χ1) is 8.81. The maximum atomic E-state index is 5.84. The summed E-state index contributed by atoms with van der Waals surface area (Å²) < 4.78 is 11.3. The van der Waals surface area contributed by atoms with Crippen molar-refractivity contribution in [1.29, 1.82) is 0 Å². The molecule has 1 aromatic rings. The Morgan fingerprint density at radius 3 is 2.67 bits per heavy atom. The van der Waals surface area contributed by atoms with Gasteiger partial charge in [-0.15, -0.1) is 0 Å². The summed E-state index contributed by atoms with van der Waals surface area (Å²) in [5.74, 6) is 2.29. The molecule has 2 saturated heterocycles. The number of nitrogens with one attached hydrogen (secondary N) is 1. The summed E-state index contributed by atoms with van der Waals surface area (Å²) in [6.07, 6.45) is 4.53. The molecule has 2 fully saturated rings. The Labute approximate surface area is 106 Å². The first-order valence-corrected chi connectivity index (χ1v) is 6.29. The van der Waals surface area contributed by atoms with Crippen LogP contribution in [0.25, 0.3) is 0 Å². The summed E-state index contributed by atoms with van der Waals surface area (Å²) in [5.41, 5.74) is 0. The second-order valence-corrected chi connectivity index (χ2v) is 4.69. The number of ether oxygens (including phenoxy) is 2. The van der Waals surface area contributed by atoms with Gasteiger partial charge in [-0.05, 0) is 12.8 Å². The van der Waals surface area contributed by atoms with Crippen molar-refractivity contribution in [3.63, 3.8) is 0 Å². The maximum absolute atomic E-state index is 5.84. The van der Waals surface area contributed by atoms with Gasteiger partial charge in [-0.3, -0.25) is 0 Å². The fourth-order valence-corrected chi connectivity index (χ4v) is 2.74. The van der Waals surface area contributed by atoms with E-state index in [4.69, 9.17) is 9.47 Å². The molecule has 0 amide bonds. The van der Waals surface area contributed by atoms with Gasteiger partial charge in [0.25, 0.3) is 0 Å². The Kier molecular flexibility index (Phi) is 2.95. The smallest absolute Gasteiger partial charge is 0.204 e. The molecule has 1 N–H and O–H groups in total. The number of hydrogen-bond donors (Lipinski definition) is 1. The maximum Gasteiger partial charge on any atom is 0.204 e. The molecule has 0 aromatic carbocycles. The van der Waals surface area contributed by atoms with Crippen molar-refractivity contribution in [2.75, 3.05) is 37.5 Å². The van der Waals surface area contributed by atoms with Gasteiger partial charge >= 0.3 is 0 Å². The SMILES string of the molecule is CNc1ncnc(N2CC3CCC(C2)O3)c1OC. The van der Waals surface area contributed by atoms with Crippen LogP contribution >= 0.6 is 0 Å². The molecule has 0 saturated carbocycles. The highest BCUT2D eigenvalue weighted by Gasteiger charge is 2.35. The standard InChI is InChI=1S/C12H18N4O2/c1-13-11-10(17-2)12(15-7-14-11)16-5-8-3-4-9(6-16)18-8/h7-9H,3-6H2,1-2H3,(H,13,14,15). The normalized spacial score (nSPS) is 26.2. The van der Waals surface area contributed by atoms with Crippen LogP contribution in [0.5, 0.6) is 5.75 Å². The van der Waals surface area contributed by atoms with E-state index < -0.39 is 0 Å². The van der Waals surface area contributed by atoms with E-state index >= 15 is 0 Å². The van der Waals surface area contributed by atoms with Crippen LogP contribution in [-0.2, 0) is 4.74 Å². The number of fused-ring (bicyclic) bond motifs is 2. The highest BCUT2D eigenvalue weighted by atomic mass is 16.5. The molecule has 18 heavy (non-hydrogen) atoms. The van der Waals surface area contributed by atoms with Crippen molar-refractivity contribution in [3.05, 3.63) is 6.33 Å². The number of hydrogen-bond acceptors (Lipinski definition) is 6. The summed E-state index contributed by atoms with van der Waals surface area (Å²) >= 11 is 0. The van der Waals surface area contributed by atoms with Gasteiger partial charge in [-0.2, -0.15) is 0 Å². The van der Waals surface area contributed by atoms with Crippen molar-refractivity contribution in [2.24, 2.45) is 0 Å². The molecule has 0 aliphatic carbocycles. The second-order valence-electron chi connectivity index (χ2n) is 4.69. The highest BCUT2D eigenvalue weighted by molar-refractivity contribution is 5.64. The van der Waals surface area contributed by atoms with E-state index in [0.29, 0.717) is 18.0 Å². The number of nitrogens with zero attached hydrogens (tertiary/aromatic N) is 3. The molecule has 3 rings (SSSR count). The van der Waals surface area contributed by atoms with Gasteiger partial charge in [0.2, 0.25) is 5.75 Å². The Hall–Kier alpha value is -1.56. The van der Waals surface area contributed by atoms with E-state index in [0.717, 1.165) is 37.6 Å². The molecule has 2 atom stereocenters. The minimum Gasteiger partial charge on any atom is -0.490 e. The number of anilines is 2. The third-order valence-electron chi connectivity index (χ3n) is 3.57. The zero-order valence-electron chi connectivity index (χ0n) is 10.7. The molecule has 0 radical (unpaired) electrons. The van der Waals surface area contributed by atoms with Gasteiger partial charge in [0.15, 0.2) is 11.6 Å². The van der Waals surface area contributed by atoms with Crippen molar-refractivity contribution >= 4 is 11.6 Å². The van der Waals surface area contributed by atoms with Crippen LogP contribution in [0.3, 0.4) is 0 Å². The zero-order valence-corrected chi connectivity index (χ0v) is 10.7. The molecule has 3 heterocycles. The molecule has 6 heteroatoms. The quantitative estimate of drug-likeness (QED) is 0.860. The lowest BCUT2D eigenvalue weighted by molar-refractivity contribution is 0.0300. The van der Waals surface area contributed by atoms with Gasteiger partial charge in [-0.25, -0.2) is 9.97 Å². The van der Waals surface area contributed by atoms with Crippen molar-refractivity contribution in [1.82, 2.24) is 9.97 Å². The number of methoxy groups -OCH3 is 1. The second kappa shape index (κ2) is 4.61. The molecule has 2 unspecified atom stereocenters. The van der Waals surface area contributed by atoms with Crippen LogP contribution in [0.1, 0.15) is 12.8 Å². The number of morpholine rings is 1. The summed E-state index contributed by atoms with van der Waals surface area (Å²) in [4.78, 5) is 10.8. The first kappa shape index (κ1) is 11.5. The van der Waals surface area contributed by atoms with Gasteiger partial charge in [0, 0.05) is 20.1 Å². The summed E-state index contributed by atoms with van der Waals surface area (Å²) in [5, 5.41) is 3.03. The fraction of sp³-hybridized carbons (Fsp3) is 0.667. The molecule has 0 spiro atoms. The predicted molar refractivity (Wildman–Crippen MR) is 68.2 cm³/mol. The van der Waals surface area contributed by atoms with E-state index in [9.17, 15) is 0 Å². The summed E-state index contributed by atoms with van der Waals surface area (Å²) in [6.45, 7) is 1.76. The molecule has 6 nitrogen and oxygen atoms in total. The topological polar surface area (TPSA) is 59.5 Å². The monoisotopic (exact) mass is 250 g/mol. The third-order valence-corrected chi connectivity index (χ3v) is 3.57. The molecule has 98 valence electrons. The van der Waals surface area contributed by atoms with Crippen LogP contribution in [0.2, 0.25) is 0 Å². The van der Waals surface area contributed by atoms with Crippen molar-refractivity contribution in [2.45, 2.75) is 25.0 Å². The lowest BCUT2D eigenvalue weighted by Gasteiger charge is -2.33. The van der Waals surface area contributed by atoms with E-state index in [2.05, 4.69) is 20.2 Å². The van der Waals surface area contributed by atoms with Crippen molar-refractivity contribution in [3.8, 4) is 5.75 Å². The highest BCUT2D eigenvalue weighted by Crippen LogP contribution is 2.35. The Morgan fingerprint density at radius 1 is 1.33 bits per heavy atom. The van der Waals surface area contributed by atoms with Gasteiger partial charge < -0.3 is 19.7 Å². The molecule has 2 aliphatic rings. The largest absolute Gasteiger partial charge is 0.490 e. The minimum absolute atomic E-state index is 0.335. The van der Waals surface area contributed by atoms with E-state index in [-0.39, 0.29) is 0 Å². The average Bonchev–Trinajstić information content (AvgIpc) is 2.76. The van der Waals surface area contributed by atoms with Crippen LogP contribution in [0, 0.1) is 0 Å². The number of aromatic nitrogens is 2. The predicted octanol–water partition coefficient (Wildman–Crippen LogP) is 0.894. The summed E-state index contributed by atoms with van der Waals surface area (Å²) in [6, 6.07) is 0. The lowest BCUT2D eigenvalue weighted by Crippen LogP contribution is -2.43. The van der Waals surface area contributed by atoms with Gasteiger partial charge in [-0.1, -0.05) is 0 Å². The number of rotatable bonds is 3. The first-order valence-electron chi connectivity index (χ1n) is 6.29. The molecule has 1 aromatic heterocycles. The minimum atomic E-state index is 0.335. The van der Waals surface area contributed by atoms with Gasteiger partial charge in [0.05, 0.1) is 19.3 Å². The zero-order chi connectivity index (χ0) is 12.5. The Bertz CT molecular complexity index is 428. The third kappa shape index (κ3) is 1.86. The molecular formula is C12H18N4O2. The van der Waals surface area contributed by atoms with Gasteiger partial charge in [0.1, 0.15) is 6.33 Å². The van der Waals surface area contributed by atoms with Crippen LogP contribution < -0.4 is 15.0 Å². The molecular weight excluding hydrogens is 232 g/mol. The Morgan fingerprint density at radius 2 is 2.06 bits per heavy atom. The molecule has 2 bridgehead atoms. The fourth-order valence-electron chi connectivity index (χ4n) is 2.74. The van der Waals surface area contributed by atoms with Crippen LogP contribution in [0.4, 0.5) is 11.6 Å². The summed E-state index contributed by atoms with van der Waals surface area (Å²) in [7, 11) is 3.48.